The number of nitrogens with zero attached hydrogens (tertiary/aromatic N) is 4. The van der Waals surface area contributed by atoms with Crippen molar-refractivity contribution in [1.29, 1.82) is 0 Å². The van der Waals surface area contributed by atoms with E-state index in [1.165, 1.54) is 5.57 Å². The van der Waals surface area contributed by atoms with E-state index in [0.29, 0.717) is 39.3 Å². The number of aromatic nitrogens is 2. The van der Waals surface area contributed by atoms with Crippen molar-refractivity contribution >= 4 is 57.3 Å². The number of aliphatic hydroxyl groups is 4. The first-order chi connectivity index (χ1) is 27.2. The molecule has 3 aromatic rings. The van der Waals surface area contributed by atoms with Crippen molar-refractivity contribution in [3.63, 3.8) is 0 Å². The van der Waals surface area contributed by atoms with Crippen LogP contribution < -0.4 is 24.7 Å². The van der Waals surface area contributed by atoms with Gasteiger partial charge < -0.3 is 40.9 Å². The van der Waals surface area contributed by atoms with E-state index >= 15 is 0 Å². The third-order valence-corrected chi connectivity index (χ3v) is 12.3. The second kappa shape index (κ2) is 20.6. The van der Waals surface area contributed by atoms with Gasteiger partial charge in [0, 0.05) is 86.4 Å². The Bertz CT molecular complexity index is 1870. The molecule has 0 radical (unpaired) electrons. The lowest BCUT2D eigenvalue weighted by molar-refractivity contribution is -0.684. The van der Waals surface area contributed by atoms with E-state index in [-0.39, 0.29) is 24.9 Å². The third-order valence-electron chi connectivity index (χ3n) is 9.88. The molecule has 3 aliphatic rings. The van der Waals surface area contributed by atoms with Crippen LogP contribution in [0.2, 0.25) is 0 Å². The maximum Gasteiger partial charge on any atom is 0.286 e. The van der Waals surface area contributed by atoms with Crippen LogP contribution in [-0.2, 0) is 22.7 Å². The highest BCUT2D eigenvalue weighted by molar-refractivity contribution is 8.76. The Morgan fingerprint density at radius 2 is 1.05 bits per heavy atom. The smallest absolute Gasteiger partial charge is 0.286 e. The van der Waals surface area contributed by atoms with Crippen LogP contribution in [0.5, 0.6) is 0 Å². The summed E-state index contributed by atoms with van der Waals surface area (Å²) in [4.78, 5) is 28.9. The summed E-state index contributed by atoms with van der Waals surface area (Å²) >= 11 is 0. The molecule has 2 aromatic heterocycles. The average molecular weight is 801 g/mol. The Hall–Kier alpha value is -4.44. The fraction of sp³-hybridized carbons (Fsp3) is 0.381. The van der Waals surface area contributed by atoms with Gasteiger partial charge in [0.25, 0.3) is 11.8 Å². The molecule has 4 atom stereocenters. The maximum atomic E-state index is 12.4. The number of aliphatic hydroxyl groups excluding tert-OH is 4. The summed E-state index contributed by atoms with van der Waals surface area (Å²) in [5.74, 6) is 1.44. The van der Waals surface area contributed by atoms with Crippen LogP contribution in [-0.4, -0.2) is 112 Å². The fourth-order valence-electron chi connectivity index (χ4n) is 6.62. The molecular weight excluding hydrogens is 749 g/mol. The molecule has 0 bridgehead atoms. The van der Waals surface area contributed by atoms with Gasteiger partial charge in [-0.3, -0.25) is 9.59 Å². The van der Waals surface area contributed by atoms with Crippen LogP contribution in [0.15, 0.2) is 103 Å². The molecule has 4 unspecified atom stereocenters. The molecule has 0 spiro atoms. The van der Waals surface area contributed by atoms with Gasteiger partial charge in [-0.2, -0.15) is 9.13 Å². The Morgan fingerprint density at radius 1 is 0.607 bits per heavy atom. The number of hydrogen-bond donors (Lipinski definition) is 6. The molecule has 0 saturated carbocycles. The molecule has 2 amide bonds. The van der Waals surface area contributed by atoms with E-state index in [2.05, 4.69) is 39.8 Å². The fourth-order valence-corrected chi connectivity index (χ4v) is 8.43. The number of rotatable bonds is 17. The summed E-state index contributed by atoms with van der Waals surface area (Å²) in [6.45, 7) is 3.44. The number of allylic oxidation sites excluding steroid dienone is 5. The number of carbonyl (C=O) groups excluding carboxylic acids is 2. The Kier molecular flexibility index (Phi) is 15.2. The lowest BCUT2D eigenvalue weighted by Gasteiger charge is -2.23. The SMILES string of the molecule is O=C(C[n+]1ccc(/C=C/C2=CC=C(N3CC(O)C(O)C3)CC2)cc1)NCCSSCCNC(=O)C[n+]1ccc(/C=C/c2ccc(N3CC(O)C(O)C3)cc2)cc1. The molecule has 1 aromatic carbocycles. The molecule has 296 valence electrons. The van der Waals surface area contributed by atoms with Crippen molar-refractivity contribution in [2.24, 2.45) is 0 Å². The highest BCUT2D eigenvalue weighted by Crippen LogP contribution is 2.26. The quantitative estimate of drug-likeness (QED) is 0.0679. The number of β-amino-alcohol motifs (C(OH)–C–C–N with tert-alkyl or cyclic N) is 4. The van der Waals surface area contributed by atoms with Gasteiger partial charge in [0.1, 0.15) is 0 Å². The number of amides is 2. The van der Waals surface area contributed by atoms with E-state index in [4.69, 9.17) is 0 Å². The standard InChI is InChI=1S/C42H50N6O6S2/c49-37-25-47(26-38(37)50)35-9-5-31(6-10-35)1-3-33-13-19-45(20-14-33)29-41(53)43-17-23-55-56-24-18-44-42(54)30-46-21-15-34(16-22-46)4-2-32-7-11-36(12-8-32)48-27-39(51)40(52)28-48/h1-7,9-11,13-16,19-22,37-40,49-52H,8,12,17-18,23-30H2/p+2. The predicted molar refractivity (Wildman–Crippen MR) is 222 cm³/mol. The van der Waals surface area contributed by atoms with E-state index in [1.807, 2.05) is 99.5 Å². The van der Waals surface area contributed by atoms with Gasteiger partial charge in [0.05, 0.1) is 24.4 Å². The zero-order valence-corrected chi connectivity index (χ0v) is 33.0. The summed E-state index contributed by atoms with van der Waals surface area (Å²) < 4.78 is 3.70. The molecule has 2 saturated heterocycles. The second-order valence-electron chi connectivity index (χ2n) is 14.2. The molecule has 12 nitrogen and oxygen atoms in total. The Labute approximate surface area is 336 Å². The van der Waals surface area contributed by atoms with Crippen molar-refractivity contribution in [3.05, 3.63) is 120 Å². The molecule has 6 N–H and O–H groups in total. The van der Waals surface area contributed by atoms with Crippen LogP contribution in [0.25, 0.3) is 18.2 Å². The first kappa shape index (κ1) is 41.2. The normalized spacial score (nSPS) is 21.1. The summed E-state index contributed by atoms with van der Waals surface area (Å²) in [6.07, 6.45) is 19.0. The number of likely N-dealkylation sites (tertiary alicyclic amines) is 1. The second-order valence-corrected chi connectivity index (χ2v) is 16.9. The van der Waals surface area contributed by atoms with Crippen molar-refractivity contribution < 1.29 is 39.1 Å². The number of anilines is 1. The Balaban J connectivity index is 0.789. The van der Waals surface area contributed by atoms with E-state index in [0.717, 1.165) is 52.4 Å². The number of hydrogen-bond acceptors (Lipinski definition) is 10. The maximum absolute atomic E-state index is 12.4. The third kappa shape index (κ3) is 12.5. The summed E-state index contributed by atoms with van der Waals surface area (Å²) in [5.41, 5.74) is 6.45. The predicted octanol–water partition coefficient (Wildman–Crippen LogP) is 1.94. The van der Waals surface area contributed by atoms with Gasteiger partial charge in [-0.25, -0.2) is 0 Å². The Morgan fingerprint density at radius 3 is 1.52 bits per heavy atom. The first-order valence-electron chi connectivity index (χ1n) is 19.0. The van der Waals surface area contributed by atoms with E-state index in [9.17, 15) is 30.0 Å². The number of carbonyl (C=O) groups is 2. The summed E-state index contributed by atoms with van der Waals surface area (Å²) in [5, 5.41) is 45.2. The zero-order valence-electron chi connectivity index (χ0n) is 31.4. The lowest BCUT2D eigenvalue weighted by Crippen LogP contribution is -2.43. The van der Waals surface area contributed by atoms with Crippen molar-refractivity contribution in [3.8, 4) is 0 Å². The highest BCUT2D eigenvalue weighted by atomic mass is 33.1. The monoisotopic (exact) mass is 800 g/mol. The van der Waals surface area contributed by atoms with Crippen molar-refractivity contribution in [1.82, 2.24) is 15.5 Å². The van der Waals surface area contributed by atoms with Crippen LogP contribution in [0.1, 0.15) is 29.5 Å². The van der Waals surface area contributed by atoms with E-state index in [1.54, 1.807) is 21.6 Å². The van der Waals surface area contributed by atoms with Gasteiger partial charge in [-0.1, -0.05) is 64.1 Å². The average Bonchev–Trinajstić information content (AvgIpc) is 3.73. The number of pyridine rings is 2. The van der Waals surface area contributed by atoms with Gasteiger partial charge in [0.15, 0.2) is 24.8 Å². The lowest BCUT2D eigenvalue weighted by atomic mass is 10.0. The van der Waals surface area contributed by atoms with Crippen molar-refractivity contribution in [2.75, 3.05) is 55.7 Å². The minimum Gasteiger partial charge on any atom is -0.389 e. The van der Waals surface area contributed by atoms with Crippen LogP contribution in [0, 0.1) is 0 Å². The van der Waals surface area contributed by atoms with Crippen molar-refractivity contribution in [2.45, 2.75) is 50.3 Å². The molecule has 1 aliphatic carbocycles. The molecule has 2 aliphatic heterocycles. The molecule has 2 fully saturated rings. The minimum absolute atomic E-state index is 0.0427. The number of nitrogens with one attached hydrogen (secondary N) is 2. The van der Waals surface area contributed by atoms with Gasteiger partial charge in [0.2, 0.25) is 13.1 Å². The topological polar surface area (TPSA) is 153 Å². The molecule has 4 heterocycles. The molecule has 6 rings (SSSR count). The van der Waals surface area contributed by atoms with E-state index < -0.39 is 24.4 Å². The van der Waals surface area contributed by atoms with Crippen LogP contribution in [0.3, 0.4) is 0 Å². The van der Waals surface area contributed by atoms with Crippen LogP contribution in [0.4, 0.5) is 5.69 Å². The number of benzene rings is 1. The largest absolute Gasteiger partial charge is 0.389 e. The zero-order chi connectivity index (χ0) is 39.3. The molecule has 14 heteroatoms. The molecule has 56 heavy (non-hydrogen) atoms. The summed E-state index contributed by atoms with van der Waals surface area (Å²) in [6, 6.07) is 15.9. The first-order valence-corrected chi connectivity index (χ1v) is 21.5. The molecular formula is C42H52N6O6S2+2. The van der Waals surface area contributed by atoms with Gasteiger partial charge in [-0.05, 0) is 53.3 Å². The van der Waals surface area contributed by atoms with Gasteiger partial charge >= 0.3 is 0 Å². The summed E-state index contributed by atoms with van der Waals surface area (Å²) in [7, 11) is 3.33. The highest BCUT2D eigenvalue weighted by Gasteiger charge is 2.31. The minimum atomic E-state index is -0.711. The van der Waals surface area contributed by atoms with Crippen LogP contribution >= 0.6 is 21.6 Å². The van der Waals surface area contributed by atoms with Gasteiger partial charge in [-0.15, -0.1) is 0 Å².